The Morgan fingerprint density at radius 2 is 1.83 bits per heavy atom. The van der Waals surface area contributed by atoms with Crippen molar-refractivity contribution < 1.29 is 9.13 Å². The number of rotatable bonds is 4. The lowest BCUT2D eigenvalue weighted by molar-refractivity contribution is 0.225. The molecule has 0 saturated carbocycles. The summed E-state index contributed by atoms with van der Waals surface area (Å²) in [7, 11) is 0. The lowest BCUT2D eigenvalue weighted by Gasteiger charge is -2.17. The minimum atomic E-state index is -0.317. The molecule has 0 saturated heterocycles. The van der Waals surface area contributed by atoms with Gasteiger partial charge in [0, 0.05) is 0 Å². The van der Waals surface area contributed by atoms with Crippen LogP contribution in [0, 0.1) is 5.82 Å². The number of halogens is 1. The Bertz CT molecular complexity index is 534. The molecular weight excluding hydrogens is 227 g/mol. The Labute approximate surface area is 107 Å². The maximum absolute atomic E-state index is 13.6. The summed E-state index contributed by atoms with van der Waals surface area (Å²) < 4.78 is 19.3. The molecule has 1 unspecified atom stereocenters. The molecular formula is C16H15FO. The number of ether oxygens (including phenoxy) is 1. The summed E-state index contributed by atoms with van der Waals surface area (Å²) in [6, 6.07) is 14.6. The van der Waals surface area contributed by atoms with Crippen molar-refractivity contribution in [3.05, 3.63) is 72.1 Å². The van der Waals surface area contributed by atoms with Gasteiger partial charge < -0.3 is 4.74 Å². The molecule has 18 heavy (non-hydrogen) atoms. The van der Waals surface area contributed by atoms with Crippen LogP contribution < -0.4 is 4.74 Å². The Kier molecular flexibility index (Phi) is 3.78. The predicted molar refractivity (Wildman–Crippen MR) is 72.0 cm³/mol. The zero-order chi connectivity index (χ0) is 13.0. The molecule has 0 bridgehead atoms. The van der Waals surface area contributed by atoms with Crippen LogP contribution in [0.3, 0.4) is 0 Å². The van der Waals surface area contributed by atoms with Gasteiger partial charge in [-0.3, -0.25) is 0 Å². The fraction of sp³-hybridized carbons (Fsp3) is 0.125. The number of benzene rings is 2. The van der Waals surface area contributed by atoms with Gasteiger partial charge in [-0.2, -0.15) is 0 Å². The maximum Gasteiger partial charge on any atom is 0.134 e. The van der Waals surface area contributed by atoms with E-state index >= 15 is 0 Å². The van der Waals surface area contributed by atoms with E-state index < -0.39 is 0 Å². The van der Waals surface area contributed by atoms with Crippen LogP contribution in [0.4, 0.5) is 4.39 Å². The van der Waals surface area contributed by atoms with E-state index in [1.165, 1.54) is 12.1 Å². The second-order valence-corrected chi connectivity index (χ2v) is 4.03. The molecule has 92 valence electrons. The highest BCUT2D eigenvalue weighted by molar-refractivity contribution is 5.56. The number of hydrogen-bond donors (Lipinski definition) is 0. The molecule has 0 aromatic heterocycles. The first-order valence-electron chi connectivity index (χ1n) is 5.85. The Morgan fingerprint density at radius 3 is 2.50 bits per heavy atom. The van der Waals surface area contributed by atoms with Gasteiger partial charge in [-0.25, -0.2) is 4.39 Å². The average Bonchev–Trinajstić information content (AvgIpc) is 2.40. The summed E-state index contributed by atoms with van der Waals surface area (Å²) in [5.41, 5.74) is 1.46. The minimum Gasteiger partial charge on any atom is -0.485 e. The van der Waals surface area contributed by atoms with Gasteiger partial charge in [0.15, 0.2) is 0 Å². The molecule has 0 radical (unpaired) electrons. The standard InChI is InChI=1S/C16H15FO/c1-3-14-15(17)10-7-11-16(14)18-12(2)13-8-5-4-6-9-13/h3-12H,1H2,2H3. The summed E-state index contributed by atoms with van der Waals surface area (Å²) in [5, 5.41) is 0. The smallest absolute Gasteiger partial charge is 0.134 e. The van der Waals surface area contributed by atoms with Crippen molar-refractivity contribution in [2.45, 2.75) is 13.0 Å². The molecule has 0 heterocycles. The van der Waals surface area contributed by atoms with E-state index in [2.05, 4.69) is 6.58 Å². The third kappa shape index (κ3) is 2.59. The van der Waals surface area contributed by atoms with E-state index in [1.54, 1.807) is 12.1 Å². The van der Waals surface area contributed by atoms with Gasteiger partial charge >= 0.3 is 0 Å². The van der Waals surface area contributed by atoms with Gasteiger partial charge in [0.1, 0.15) is 17.7 Å². The van der Waals surface area contributed by atoms with E-state index in [4.69, 9.17) is 4.74 Å². The van der Waals surface area contributed by atoms with E-state index in [0.29, 0.717) is 11.3 Å². The van der Waals surface area contributed by atoms with Crippen LogP contribution in [0.5, 0.6) is 5.75 Å². The van der Waals surface area contributed by atoms with Crippen LogP contribution in [0.25, 0.3) is 6.08 Å². The molecule has 0 amide bonds. The summed E-state index contributed by atoms with van der Waals surface area (Å²) >= 11 is 0. The van der Waals surface area contributed by atoms with Crippen LogP contribution in [0.15, 0.2) is 55.1 Å². The van der Waals surface area contributed by atoms with Gasteiger partial charge in [-0.05, 0) is 24.6 Å². The van der Waals surface area contributed by atoms with Crippen molar-refractivity contribution in [1.29, 1.82) is 0 Å². The summed E-state index contributed by atoms with van der Waals surface area (Å²) in [6.45, 7) is 5.55. The van der Waals surface area contributed by atoms with Crippen LogP contribution in [-0.4, -0.2) is 0 Å². The van der Waals surface area contributed by atoms with Crippen molar-refractivity contribution >= 4 is 6.08 Å². The Morgan fingerprint density at radius 1 is 1.11 bits per heavy atom. The molecule has 0 spiro atoms. The highest BCUT2D eigenvalue weighted by atomic mass is 19.1. The zero-order valence-corrected chi connectivity index (χ0v) is 10.3. The summed E-state index contributed by atoms with van der Waals surface area (Å²) in [4.78, 5) is 0. The molecule has 2 heteroatoms. The van der Waals surface area contributed by atoms with E-state index in [0.717, 1.165) is 5.56 Å². The van der Waals surface area contributed by atoms with Crippen LogP contribution >= 0.6 is 0 Å². The van der Waals surface area contributed by atoms with Gasteiger partial charge in [0.05, 0.1) is 5.56 Å². The van der Waals surface area contributed by atoms with Crippen molar-refractivity contribution in [3.63, 3.8) is 0 Å². The normalized spacial score (nSPS) is 11.9. The van der Waals surface area contributed by atoms with E-state index in [-0.39, 0.29) is 11.9 Å². The molecule has 2 aromatic rings. The number of hydrogen-bond acceptors (Lipinski definition) is 1. The lowest BCUT2D eigenvalue weighted by Crippen LogP contribution is -2.04. The fourth-order valence-corrected chi connectivity index (χ4v) is 1.80. The van der Waals surface area contributed by atoms with Crippen molar-refractivity contribution in [3.8, 4) is 5.75 Å². The first kappa shape index (κ1) is 12.4. The van der Waals surface area contributed by atoms with E-state index in [9.17, 15) is 4.39 Å². The zero-order valence-electron chi connectivity index (χ0n) is 10.3. The molecule has 2 rings (SSSR count). The predicted octanol–water partition coefficient (Wildman–Crippen LogP) is 4.61. The quantitative estimate of drug-likeness (QED) is 0.760. The second kappa shape index (κ2) is 5.50. The topological polar surface area (TPSA) is 9.23 Å². The van der Waals surface area contributed by atoms with Crippen molar-refractivity contribution in [2.75, 3.05) is 0 Å². The molecule has 1 nitrogen and oxygen atoms in total. The minimum absolute atomic E-state index is 0.133. The first-order chi connectivity index (χ1) is 8.72. The third-order valence-electron chi connectivity index (χ3n) is 2.79. The highest BCUT2D eigenvalue weighted by Gasteiger charge is 2.11. The summed E-state index contributed by atoms with van der Waals surface area (Å²) in [6.07, 6.45) is 1.34. The largest absolute Gasteiger partial charge is 0.485 e. The second-order valence-electron chi connectivity index (χ2n) is 4.03. The molecule has 0 aliphatic carbocycles. The Balaban J connectivity index is 2.25. The van der Waals surface area contributed by atoms with Crippen molar-refractivity contribution in [2.24, 2.45) is 0 Å². The SMILES string of the molecule is C=Cc1c(F)cccc1OC(C)c1ccccc1. The van der Waals surface area contributed by atoms with Gasteiger partial charge in [-0.1, -0.05) is 49.1 Å². The molecule has 0 aliphatic rings. The van der Waals surface area contributed by atoms with Gasteiger partial charge in [0.2, 0.25) is 0 Å². The van der Waals surface area contributed by atoms with Crippen LogP contribution in [0.1, 0.15) is 24.2 Å². The van der Waals surface area contributed by atoms with Crippen molar-refractivity contribution in [1.82, 2.24) is 0 Å². The summed E-state index contributed by atoms with van der Waals surface area (Å²) in [5.74, 6) is 0.198. The highest BCUT2D eigenvalue weighted by Crippen LogP contribution is 2.27. The van der Waals surface area contributed by atoms with Gasteiger partial charge in [-0.15, -0.1) is 0 Å². The van der Waals surface area contributed by atoms with E-state index in [1.807, 2.05) is 37.3 Å². The lowest BCUT2D eigenvalue weighted by atomic mass is 10.1. The third-order valence-corrected chi connectivity index (χ3v) is 2.79. The first-order valence-corrected chi connectivity index (χ1v) is 5.85. The Hall–Kier alpha value is -2.09. The average molecular weight is 242 g/mol. The molecule has 1 atom stereocenters. The van der Waals surface area contributed by atoms with Crippen LogP contribution in [-0.2, 0) is 0 Å². The molecule has 2 aromatic carbocycles. The molecule has 0 fully saturated rings. The molecule has 0 aliphatic heterocycles. The monoisotopic (exact) mass is 242 g/mol. The van der Waals surface area contributed by atoms with Crippen LogP contribution in [0.2, 0.25) is 0 Å². The fourth-order valence-electron chi connectivity index (χ4n) is 1.80. The maximum atomic E-state index is 13.6. The molecule has 0 N–H and O–H groups in total. The van der Waals surface area contributed by atoms with Gasteiger partial charge in [0.25, 0.3) is 0 Å².